The van der Waals surface area contributed by atoms with Gasteiger partial charge in [0.05, 0.1) is 11.1 Å². The van der Waals surface area contributed by atoms with Crippen molar-refractivity contribution in [1.29, 1.82) is 0 Å². The molecule has 0 amide bonds. The van der Waals surface area contributed by atoms with E-state index in [0.29, 0.717) is 17.1 Å². The third-order valence-electron chi connectivity index (χ3n) is 1.75. The summed E-state index contributed by atoms with van der Waals surface area (Å²) in [4.78, 5) is 0. The number of benzene rings is 1. The largest absolute Gasteiger partial charge is 0.506 e. The number of nitrogens with one attached hydrogen (secondary N) is 1. The zero-order chi connectivity index (χ0) is 9.84. The van der Waals surface area contributed by atoms with Crippen LogP contribution in [-0.2, 0) is 0 Å². The van der Waals surface area contributed by atoms with Gasteiger partial charge >= 0.3 is 0 Å². The molecule has 1 atom stereocenters. The lowest BCUT2D eigenvalue weighted by Gasteiger charge is -2.10. The minimum Gasteiger partial charge on any atom is -0.506 e. The highest BCUT2D eigenvalue weighted by molar-refractivity contribution is 6.32. The molecular weight excluding hydrogens is 225 g/mol. The number of halogens is 2. The predicted octanol–water partition coefficient (Wildman–Crippen LogP) is 1.72. The van der Waals surface area contributed by atoms with Crippen molar-refractivity contribution < 1.29 is 10.2 Å². The van der Waals surface area contributed by atoms with Crippen LogP contribution in [0.5, 0.6) is 5.75 Å². The normalized spacial score (nSPS) is 11.9. The second kappa shape index (κ2) is 6.09. The van der Waals surface area contributed by atoms with Crippen LogP contribution < -0.4 is 5.32 Å². The molecule has 1 aromatic carbocycles. The standard InChI is InChI=1S/C9H12ClNO2.ClH/c1-11-5-9(13)6-2-3-7(10)8(12)4-6;/h2-4,9,11-13H,5H2,1H3;1H. The average molecular weight is 238 g/mol. The topological polar surface area (TPSA) is 52.5 Å². The molecule has 0 aliphatic carbocycles. The molecule has 0 aliphatic rings. The van der Waals surface area contributed by atoms with Gasteiger partial charge < -0.3 is 15.5 Å². The fourth-order valence-corrected chi connectivity index (χ4v) is 1.17. The van der Waals surface area contributed by atoms with Crippen LogP contribution in [-0.4, -0.2) is 23.8 Å². The lowest BCUT2D eigenvalue weighted by molar-refractivity contribution is 0.177. The Morgan fingerprint density at radius 2 is 2.14 bits per heavy atom. The Morgan fingerprint density at radius 1 is 1.50 bits per heavy atom. The minimum atomic E-state index is -0.617. The van der Waals surface area contributed by atoms with Crippen molar-refractivity contribution in [2.24, 2.45) is 0 Å². The Hall–Kier alpha value is -0.480. The lowest BCUT2D eigenvalue weighted by Crippen LogP contribution is -2.16. The van der Waals surface area contributed by atoms with Crippen LogP contribution in [0.2, 0.25) is 5.02 Å². The van der Waals surface area contributed by atoms with Crippen LogP contribution in [0.3, 0.4) is 0 Å². The summed E-state index contributed by atoms with van der Waals surface area (Å²) in [5.74, 6) is -0.00526. The van der Waals surface area contributed by atoms with Crippen LogP contribution in [0, 0.1) is 0 Å². The van der Waals surface area contributed by atoms with Crippen molar-refractivity contribution in [3.63, 3.8) is 0 Å². The highest BCUT2D eigenvalue weighted by atomic mass is 35.5. The van der Waals surface area contributed by atoms with Crippen LogP contribution in [0.1, 0.15) is 11.7 Å². The molecule has 0 saturated heterocycles. The molecule has 0 saturated carbocycles. The van der Waals surface area contributed by atoms with Gasteiger partial charge in [-0.3, -0.25) is 0 Å². The molecule has 1 unspecified atom stereocenters. The summed E-state index contributed by atoms with van der Waals surface area (Å²) in [6.07, 6.45) is -0.617. The Kier molecular flexibility index (Phi) is 5.88. The van der Waals surface area contributed by atoms with Crippen LogP contribution >= 0.6 is 24.0 Å². The van der Waals surface area contributed by atoms with Gasteiger partial charge in [-0.2, -0.15) is 0 Å². The van der Waals surface area contributed by atoms with Crippen molar-refractivity contribution in [2.75, 3.05) is 13.6 Å². The summed E-state index contributed by atoms with van der Waals surface area (Å²) in [5, 5.41) is 21.9. The number of phenols is 1. The minimum absolute atomic E-state index is 0. The van der Waals surface area contributed by atoms with Crippen molar-refractivity contribution >= 4 is 24.0 Å². The number of aromatic hydroxyl groups is 1. The summed E-state index contributed by atoms with van der Waals surface area (Å²) in [7, 11) is 1.75. The van der Waals surface area contributed by atoms with Crippen molar-refractivity contribution in [1.82, 2.24) is 5.32 Å². The second-order valence-electron chi connectivity index (χ2n) is 2.78. The summed E-state index contributed by atoms with van der Waals surface area (Å²) in [6, 6.07) is 4.71. The van der Waals surface area contributed by atoms with Gasteiger partial charge in [0.15, 0.2) is 0 Å². The van der Waals surface area contributed by atoms with E-state index in [0.717, 1.165) is 0 Å². The summed E-state index contributed by atoms with van der Waals surface area (Å²) in [6.45, 7) is 0.446. The van der Waals surface area contributed by atoms with Gasteiger partial charge in [0, 0.05) is 6.54 Å². The van der Waals surface area contributed by atoms with Crippen LogP contribution in [0.4, 0.5) is 0 Å². The molecule has 0 heterocycles. The zero-order valence-electron chi connectivity index (χ0n) is 7.70. The number of hydrogen-bond acceptors (Lipinski definition) is 3. The molecule has 5 heteroatoms. The van der Waals surface area contributed by atoms with E-state index >= 15 is 0 Å². The number of likely N-dealkylation sites (N-methyl/N-ethyl adjacent to an activating group) is 1. The van der Waals surface area contributed by atoms with Crippen LogP contribution in [0.15, 0.2) is 18.2 Å². The zero-order valence-corrected chi connectivity index (χ0v) is 9.27. The van der Waals surface area contributed by atoms with E-state index in [1.54, 1.807) is 19.2 Å². The van der Waals surface area contributed by atoms with Gasteiger partial charge in [-0.1, -0.05) is 17.7 Å². The summed E-state index contributed by atoms with van der Waals surface area (Å²) in [5.41, 5.74) is 0.649. The Morgan fingerprint density at radius 3 is 2.64 bits per heavy atom. The highest BCUT2D eigenvalue weighted by Gasteiger charge is 2.08. The van der Waals surface area contributed by atoms with Gasteiger partial charge in [0.1, 0.15) is 5.75 Å². The predicted molar refractivity (Wildman–Crippen MR) is 59.3 cm³/mol. The monoisotopic (exact) mass is 237 g/mol. The maximum absolute atomic E-state index is 9.52. The molecule has 1 rings (SSSR count). The number of aliphatic hydroxyl groups excluding tert-OH is 1. The van der Waals surface area contributed by atoms with Gasteiger partial charge in [-0.05, 0) is 24.7 Å². The summed E-state index contributed by atoms with van der Waals surface area (Å²) >= 11 is 5.62. The Balaban J connectivity index is 0.00000169. The van der Waals surface area contributed by atoms with Crippen LogP contribution in [0.25, 0.3) is 0 Å². The molecule has 0 spiro atoms. The van der Waals surface area contributed by atoms with E-state index < -0.39 is 6.10 Å². The molecule has 0 bridgehead atoms. The van der Waals surface area contributed by atoms with Gasteiger partial charge in [-0.15, -0.1) is 12.4 Å². The molecule has 14 heavy (non-hydrogen) atoms. The molecule has 0 fully saturated rings. The van der Waals surface area contributed by atoms with E-state index in [-0.39, 0.29) is 18.2 Å². The van der Waals surface area contributed by atoms with E-state index in [1.807, 2.05) is 0 Å². The molecule has 1 aromatic rings. The van der Waals surface area contributed by atoms with E-state index in [9.17, 15) is 10.2 Å². The first-order valence-electron chi connectivity index (χ1n) is 3.96. The average Bonchev–Trinajstić information content (AvgIpc) is 2.10. The third kappa shape index (κ3) is 3.35. The van der Waals surface area contributed by atoms with Crippen molar-refractivity contribution in [2.45, 2.75) is 6.10 Å². The smallest absolute Gasteiger partial charge is 0.134 e. The molecular formula is C9H13Cl2NO2. The number of hydrogen-bond donors (Lipinski definition) is 3. The van der Waals surface area contributed by atoms with E-state index in [2.05, 4.69) is 5.32 Å². The van der Waals surface area contributed by atoms with E-state index in [1.165, 1.54) is 6.07 Å². The molecule has 0 aliphatic heterocycles. The van der Waals surface area contributed by atoms with E-state index in [4.69, 9.17) is 11.6 Å². The first-order valence-corrected chi connectivity index (χ1v) is 4.34. The Labute approximate surface area is 94.1 Å². The maximum Gasteiger partial charge on any atom is 0.134 e. The molecule has 0 aromatic heterocycles. The first-order chi connectivity index (χ1) is 6.15. The fourth-order valence-electron chi connectivity index (χ4n) is 1.05. The van der Waals surface area contributed by atoms with Gasteiger partial charge in [-0.25, -0.2) is 0 Å². The SMILES string of the molecule is CNCC(O)c1ccc(Cl)c(O)c1.Cl. The third-order valence-corrected chi connectivity index (χ3v) is 2.07. The lowest BCUT2D eigenvalue weighted by atomic mass is 10.1. The maximum atomic E-state index is 9.52. The van der Waals surface area contributed by atoms with Gasteiger partial charge in [0.25, 0.3) is 0 Å². The highest BCUT2D eigenvalue weighted by Crippen LogP contribution is 2.26. The number of aliphatic hydroxyl groups is 1. The second-order valence-corrected chi connectivity index (χ2v) is 3.19. The fraction of sp³-hybridized carbons (Fsp3) is 0.333. The van der Waals surface area contributed by atoms with Crippen molar-refractivity contribution in [3.8, 4) is 5.75 Å². The molecule has 3 nitrogen and oxygen atoms in total. The quantitative estimate of drug-likeness (QED) is 0.751. The summed E-state index contributed by atoms with van der Waals surface area (Å²) < 4.78 is 0. The molecule has 3 N–H and O–H groups in total. The number of phenolic OH excluding ortho intramolecular Hbond substituents is 1. The Bertz CT molecular complexity index is 294. The first kappa shape index (κ1) is 13.5. The molecule has 80 valence electrons. The van der Waals surface area contributed by atoms with Crippen molar-refractivity contribution in [3.05, 3.63) is 28.8 Å². The number of rotatable bonds is 3. The molecule has 0 radical (unpaired) electrons. The van der Waals surface area contributed by atoms with Gasteiger partial charge in [0.2, 0.25) is 0 Å².